The van der Waals surface area contributed by atoms with Crippen LogP contribution >= 0.6 is 0 Å². The molecule has 0 aromatic heterocycles. The molecule has 9 heteroatoms. The number of nitrogens with zero attached hydrogens (tertiary/aromatic N) is 1. The molecule has 1 aliphatic heterocycles. The number of anilines is 1. The number of benzene rings is 1. The molecule has 1 aromatic rings. The molecule has 2 rings (SSSR count). The number of carbonyl (C=O) groups is 1. The monoisotopic (exact) mass is 331 g/mol. The number of rotatable bonds is 5. The molecule has 22 heavy (non-hydrogen) atoms. The third-order valence-electron chi connectivity index (χ3n) is 3.23. The normalized spacial score (nSPS) is 15.6. The van der Waals surface area contributed by atoms with Gasteiger partial charge in [0.25, 0.3) is 5.91 Å². The first-order valence-corrected chi connectivity index (χ1v) is 8.49. The number of hydrogen-bond acceptors (Lipinski definition) is 5. The summed E-state index contributed by atoms with van der Waals surface area (Å²) in [6, 6.07) is 4.17. The lowest BCUT2D eigenvalue weighted by atomic mass is 10.1. The van der Waals surface area contributed by atoms with Gasteiger partial charge in [0.05, 0.1) is 24.7 Å². The average Bonchev–Trinajstić information content (AvgIpc) is 2.46. The molecule has 0 bridgehead atoms. The van der Waals surface area contributed by atoms with Crippen molar-refractivity contribution in [1.82, 2.24) is 5.32 Å². The Bertz CT molecular complexity index is 645. The highest BCUT2D eigenvalue weighted by Gasteiger charge is 2.17. The maximum absolute atomic E-state index is 14.1. The second-order valence-electron chi connectivity index (χ2n) is 4.89. The van der Waals surface area contributed by atoms with Gasteiger partial charge < -0.3 is 15.0 Å². The Morgan fingerprint density at radius 2 is 2.05 bits per heavy atom. The van der Waals surface area contributed by atoms with E-state index >= 15 is 0 Å². The van der Waals surface area contributed by atoms with Crippen molar-refractivity contribution in [3.8, 4) is 0 Å². The van der Waals surface area contributed by atoms with Gasteiger partial charge in [-0.2, -0.15) is 0 Å². The fraction of sp³-hybridized carbons (Fsp3) is 0.462. The summed E-state index contributed by atoms with van der Waals surface area (Å²) in [4.78, 5) is 13.7. The van der Waals surface area contributed by atoms with Crippen LogP contribution in [0.4, 0.5) is 10.1 Å². The quantitative estimate of drug-likeness (QED) is 0.770. The topological polar surface area (TPSA) is 102 Å². The highest BCUT2D eigenvalue weighted by atomic mass is 32.2. The van der Waals surface area contributed by atoms with Gasteiger partial charge in [-0.15, -0.1) is 0 Å². The van der Waals surface area contributed by atoms with E-state index in [2.05, 4.69) is 5.32 Å². The number of hydrogen-bond donors (Lipinski definition) is 2. The van der Waals surface area contributed by atoms with Gasteiger partial charge in [0.1, 0.15) is 5.82 Å². The second-order valence-corrected chi connectivity index (χ2v) is 6.62. The van der Waals surface area contributed by atoms with E-state index in [4.69, 9.17) is 9.88 Å². The van der Waals surface area contributed by atoms with E-state index < -0.39 is 21.7 Å². The minimum Gasteiger partial charge on any atom is -0.378 e. The predicted molar refractivity (Wildman–Crippen MR) is 79.7 cm³/mol. The number of morpholine rings is 1. The molecule has 1 fully saturated rings. The summed E-state index contributed by atoms with van der Waals surface area (Å²) in [5.74, 6) is -1.41. The maximum atomic E-state index is 14.1. The number of ether oxygens (including phenoxy) is 1. The van der Waals surface area contributed by atoms with E-state index in [1.807, 2.05) is 4.90 Å². The Morgan fingerprint density at radius 1 is 1.36 bits per heavy atom. The van der Waals surface area contributed by atoms with Crippen LogP contribution in [0.1, 0.15) is 10.4 Å². The number of amides is 1. The predicted octanol–water partition coefficient (Wildman–Crippen LogP) is -0.319. The van der Waals surface area contributed by atoms with Crippen LogP contribution in [0.15, 0.2) is 18.2 Å². The number of primary sulfonamides is 1. The summed E-state index contributed by atoms with van der Waals surface area (Å²) in [7, 11) is -3.64. The highest BCUT2D eigenvalue weighted by Crippen LogP contribution is 2.21. The van der Waals surface area contributed by atoms with Gasteiger partial charge in [0, 0.05) is 25.2 Å². The van der Waals surface area contributed by atoms with Gasteiger partial charge in [0.15, 0.2) is 0 Å². The summed E-state index contributed by atoms with van der Waals surface area (Å²) < 4.78 is 40.9. The second kappa shape index (κ2) is 7.03. The van der Waals surface area contributed by atoms with Crippen molar-refractivity contribution in [2.24, 2.45) is 5.14 Å². The zero-order chi connectivity index (χ0) is 16.2. The van der Waals surface area contributed by atoms with Gasteiger partial charge in [-0.3, -0.25) is 4.79 Å². The lowest BCUT2D eigenvalue weighted by Gasteiger charge is -2.29. The zero-order valence-corrected chi connectivity index (χ0v) is 12.7. The fourth-order valence-corrected chi connectivity index (χ4v) is 2.50. The third kappa shape index (κ3) is 4.65. The molecule has 0 spiro atoms. The van der Waals surface area contributed by atoms with Crippen LogP contribution in [-0.2, 0) is 14.8 Å². The number of nitrogens with one attached hydrogen (secondary N) is 1. The standard InChI is InChI=1S/C13H18FN3O4S/c14-11-9-10(13(18)16-3-8-22(15,19)20)1-2-12(11)17-4-6-21-7-5-17/h1-2,9H,3-8H2,(H,16,18)(H2,15,19,20). The van der Waals surface area contributed by atoms with Gasteiger partial charge in [-0.25, -0.2) is 17.9 Å². The molecule has 1 aliphatic rings. The summed E-state index contributed by atoms with van der Waals surface area (Å²) in [6.45, 7) is 2.14. The van der Waals surface area contributed by atoms with Crippen LogP contribution in [0.2, 0.25) is 0 Å². The van der Waals surface area contributed by atoms with Crippen LogP contribution in [0.25, 0.3) is 0 Å². The first-order chi connectivity index (χ1) is 10.4. The molecule has 0 aliphatic carbocycles. The van der Waals surface area contributed by atoms with Gasteiger partial charge >= 0.3 is 0 Å². The molecule has 1 heterocycles. The lowest BCUT2D eigenvalue weighted by molar-refractivity contribution is 0.0955. The largest absolute Gasteiger partial charge is 0.378 e. The molecular weight excluding hydrogens is 313 g/mol. The Labute approximate surface area is 128 Å². The molecule has 3 N–H and O–H groups in total. The Kier molecular flexibility index (Phi) is 5.33. The third-order valence-corrected chi connectivity index (χ3v) is 4.01. The highest BCUT2D eigenvalue weighted by molar-refractivity contribution is 7.89. The van der Waals surface area contributed by atoms with Crippen LogP contribution < -0.4 is 15.4 Å². The van der Waals surface area contributed by atoms with E-state index in [1.54, 1.807) is 0 Å². The average molecular weight is 331 g/mol. The van der Waals surface area contributed by atoms with Gasteiger partial charge in [-0.05, 0) is 18.2 Å². The molecular formula is C13H18FN3O4S. The smallest absolute Gasteiger partial charge is 0.251 e. The van der Waals surface area contributed by atoms with Crippen molar-refractivity contribution in [1.29, 1.82) is 0 Å². The molecule has 122 valence electrons. The van der Waals surface area contributed by atoms with E-state index in [-0.39, 0.29) is 17.9 Å². The first-order valence-electron chi connectivity index (χ1n) is 6.78. The van der Waals surface area contributed by atoms with Crippen LogP contribution in [0.3, 0.4) is 0 Å². The van der Waals surface area contributed by atoms with Crippen molar-refractivity contribution in [2.75, 3.05) is 43.5 Å². The number of carbonyl (C=O) groups excluding carboxylic acids is 1. The molecule has 7 nitrogen and oxygen atoms in total. The first kappa shape index (κ1) is 16.7. The fourth-order valence-electron chi connectivity index (χ4n) is 2.12. The molecule has 0 atom stereocenters. The van der Waals surface area contributed by atoms with E-state index in [0.717, 1.165) is 6.07 Å². The summed E-state index contributed by atoms with van der Waals surface area (Å²) in [5.41, 5.74) is 0.549. The molecule has 0 radical (unpaired) electrons. The van der Waals surface area contributed by atoms with E-state index in [1.165, 1.54) is 12.1 Å². The van der Waals surface area contributed by atoms with Crippen molar-refractivity contribution < 1.29 is 22.3 Å². The minimum atomic E-state index is -3.64. The SMILES string of the molecule is NS(=O)(=O)CCNC(=O)c1ccc(N2CCOCC2)c(F)c1. The number of halogens is 1. The molecule has 1 aromatic carbocycles. The Hall–Kier alpha value is -1.71. The maximum Gasteiger partial charge on any atom is 0.251 e. The molecule has 1 amide bonds. The van der Waals surface area contributed by atoms with Gasteiger partial charge in [-0.1, -0.05) is 0 Å². The minimum absolute atomic E-state index is 0.121. The molecule has 1 saturated heterocycles. The van der Waals surface area contributed by atoms with Crippen molar-refractivity contribution in [3.63, 3.8) is 0 Å². The van der Waals surface area contributed by atoms with Crippen LogP contribution in [0.5, 0.6) is 0 Å². The Balaban J connectivity index is 2.00. The molecule has 0 saturated carbocycles. The van der Waals surface area contributed by atoms with Crippen LogP contribution in [-0.4, -0.2) is 52.9 Å². The number of sulfonamides is 1. The summed E-state index contributed by atoms with van der Waals surface area (Å²) >= 11 is 0. The Morgan fingerprint density at radius 3 is 2.64 bits per heavy atom. The zero-order valence-electron chi connectivity index (χ0n) is 11.9. The lowest BCUT2D eigenvalue weighted by Crippen LogP contribution is -2.37. The van der Waals surface area contributed by atoms with E-state index in [0.29, 0.717) is 32.0 Å². The summed E-state index contributed by atoms with van der Waals surface area (Å²) in [6.07, 6.45) is 0. The summed E-state index contributed by atoms with van der Waals surface area (Å²) in [5, 5.41) is 7.22. The molecule has 0 unspecified atom stereocenters. The van der Waals surface area contributed by atoms with Crippen molar-refractivity contribution in [2.45, 2.75) is 0 Å². The van der Waals surface area contributed by atoms with E-state index in [9.17, 15) is 17.6 Å². The number of nitrogens with two attached hydrogens (primary N) is 1. The van der Waals surface area contributed by atoms with Crippen molar-refractivity contribution in [3.05, 3.63) is 29.6 Å². The van der Waals surface area contributed by atoms with Crippen molar-refractivity contribution >= 4 is 21.6 Å². The van der Waals surface area contributed by atoms with Gasteiger partial charge in [0.2, 0.25) is 10.0 Å². The van der Waals surface area contributed by atoms with Crippen LogP contribution in [0, 0.1) is 5.82 Å².